The zero-order valence-corrected chi connectivity index (χ0v) is 13.0. The van der Waals surface area contributed by atoms with Crippen LogP contribution in [0.4, 0.5) is 4.39 Å². The van der Waals surface area contributed by atoms with Crippen molar-refractivity contribution in [3.8, 4) is 17.0 Å². The molecule has 0 atom stereocenters. The van der Waals surface area contributed by atoms with Gasteiger partial charge in [-0.25, -0.2) is 4.39 Å². The first-order valence-electron chi connectivity index (χ1n) is 6.92. The number of hydrogen-bond donors (Lipinski definition) is 2. The van der Waals surface area contributed by atoms with Crippen molar-refractivity contribution >= 4 is 17.5 Å². The van der Waals surface area contributed by atoms with Crippen molar-refractivity contribution in [2.45, 2.75) is 6.61 Å². The number of aromatic nitrogens is 3. The smallest absolute Gasteiger partial charge is 0.271 e. The quantitative estimate of drug-likeness (QED) is 0.742. The summed E-state index contributed by atoms with van der Waals surface area (Å²) in [7, 11) is 0. The zero-order valence-electron chi connectivity index (χ0n) is 12.3. The van der Waals surface area contributed by atoms with E-state index in [2.05, 4.69) is 15.4 Å². The van der Waals surface area contributed by atoms with Crippen LogP contribution in [0.25, 0.3) is 11.3 Å². The fraction of sp³-hybridized carbons (Fsp3) is 0.0625. The Morgan fingerprint density at radius 1 is 1.25 bits per heavy atom. The van der Waals surface area contributed by atoms with Crippen molar-refractivity contribution in [2.24, 2.45) is 5.73 Å². The van der Waals surface area contributed by atoms with E-state index in [1.165, 1.54) is 6.07 Å². The second-order valence-corrected chi connectivity index (χ2v) is 5.37. The highest BCUT2D eigenvalue weighted by atomic mass is 35.5. The van der Waals surface area contributed by atoms with Gasteiger partial charge in [0.1, 0.15) is 23.9 Å². The molecule has 0 radical (unpaired) electrons. The van der Waals surface area contributed by atoms with E-state index >= 15 is 0 Å². The molecule has 0 unspecified atom stereocenters. The van der Waals surface area contributed by atoms with Crippen molar-refractivity contribution in [1.82, 2.24) is 15.4 Å². The highest BCUT2D eigenvalue weighted by molar-refractivity contribution is 6.30. The molecule has 24 heavy (non-hydrogen) atoms. The van der Waals surface area contributed by atoms with Crippen molar-refractivity contribution < 1.29 is 13.9 Å². The molecular formula is C16H12ClFN4O2. The average molecular weight is 347 g/mol. The Balaban J connectivity index is 1.81. The van der Waals surface area contributed by atoms with Gasteiger partial charge < -0.3 is 10.5 Å². The molecule has 3 rings (SSSR count). The fourth-order valence-electron chi connectivity index (χ4n) is 2.14. The number of carbonyl (C=O) groups excluding carboxylic acids is 1. The lowest BCUT2D eigenvalue weighted by atomic mass is 10.1. The maximum atomic E-state index is 13.8. The lowest BCUT2D eigenvalue weighted by Gasteiger charge is -2.08. The number of amides is 1. The molecule has 3 aromatic rings. The summed E-state index contributed by atoms with van der Waals surface area (Å²) in [5, 5.41) is 10.3. The molecule has 0 bridgehead atoms. The van der Waals surface area contributed by atoms with Gasteiger partial charge in [-0.15, -0.1) is 0 Å². The monoisotopic (exact) mass is 346 g/mol. The molecule has 0 fully saturated rings. The SMILES string of the molecule is NC(=O)c1n[nH]nc1-c1cccc(OCc2ccc(Cl)cc2F)c1. The Labute approximate surface area is 141 Å². The highest BCUT2D eigenvalue weighted by Gasteiger charge is 2.15. The molecule has 1 aromatic heterocycles. The second kappa shape index (κ2) is 6.67. The topological polar surface area (TPSA) is 93.9 Å². The van der Waals surface area contributed by atoms with E-state index in [9.17, 15) is 9.18 Å². The van der Waals surface area contributed by atoms with Gasteiger partial charge in [-0.3, -0.25) is 4.79 Å². The van der Waals surface area contributed by atoms with Gasteiger partial charge in [-0.2, -0.15) is 15.4 Å². The van der Waals surface area contributed by atoms with Gasteiger partial charge in [0.2, 0.25) is 0 Å². The Kier molecular flexibility index (Phi) is 4.43. The molecule has 0 saturated carbocycles. The Hall–Kier alpha value is -2.93. The van der Waals surface area contributed by atoms with Crippen LogP contribution in [0.5, 0.6) is 5.75 Å². The molecule has 1 heterocycles. The van der Waals surface area contributed by atoms with Crippen LogP contribution in [0.2, 0.25) is 5.02 Å². The van der Waals surface area contributed by atoms with Crippen LogP contribution in [-0.2, 0) is 6.61 Å². The first kappa shape index (κ1) is 15.9. The van der Waals surface area contributed by atoms with E-state index in [1.54, 1.807) is 36.4 Å². The van der Waals surface area contributed by atoms with Gasteiger partial charge >= 0.3 is 0 Å². The molecule has 0 aliphatic carbocycles. The summed E-state index contributed by atoms with van der Waals surface area (Å²) in [4.78, 5) is 11.3. The summed E-state index contributed by atoms with van der Waals surface area (Å²) in [6, 6.07) is 11.2. The first-order valence-corrected chi connectivity index (χ1v) is 7.30. The van der Waals surface area contributed by atoms with Crippen LogP contribution < -0.4 is 10.5 Å². The summed E-state index contributed by atoms with van der Waals surface area (Å²) < 4.78 is 19.4. The molecule has 6 nitrogen and oxygen atoms in total. The van der Waals surface area contributed by atoms with Crippen molar-refractivity contribution in [1.29, 1.82) is 0 Å². The van der Waals surface area contributed by atoms with Gasteiger partial charge in [-0.05, 0) is 24.3 Å². The Morgan fingerprint density at radius 3 is 2.83 bits per heavy atom. The number of nitrogens with one attached hydrogen (secondary N) is 1. The third kappa shape index (κ3) is 3.36. The molecule has 122 valence electrons. The molecule has 1 amide bonds. The van der Waals surface area contributed by atoms with E-state index in [-0.39, 0.29) is 12.3 Å². The van der Waals surface area contributed by atoms with Gasteiger partial charge in [0.15, 0.2) is 5.69 Å². The molecule has 0 aliphatic heterocycles. The van der Waals surface area contributed by atoms with Crippen molar-refractivity contribution in [2.75, 3.05) is 0 Å². The maximum absolute atomic E-state index is 13.8. The summed E-state index contributed by atoms with van der Waals surface area (Å²) in [5.41, 5.74) is 6.60. The largest absolute Gasteiger partial charge is 0.489 e. The average Bonchev–Trinajstić information content (AvgIpc) is 3.04. The summed E-state index contributed by atoms with van der Waals surface area (Å²) in [6.45, 7) is 0.0357. The van der Waals surface area contributed by atoms with E-state index in [0.717, 1.165) is 0 Å². The molecule has 2 aromatic carbocycles. The minimum atomic E-state index is -0.687. The summed E-state index contributed by atoms with van der Waals surface area (Å²) >= 11 is 5.72. The third-order valence-corrected chi connectivity index (χ3v) is 3.53. The molecule has 0 spiro atoms. The standard InChI is InChI=1S/C16H12ClFN4O2/c17-11-5-4-10(13(18)7-11)8-24-12-3-1-2-9(6-12)14-15(16(19)23)21-22-20-14/h1-7H,8H2,(H2,19,23)(H,20,21,22). The van der Waals surface area contributed by atoms with Crippen molar-refractivity contribution in [3.63, 3.8) is 0 Å². The molecule has 0 saturated heterocycles. The van der Waals surface area contributed by atoms with Gasteiger partial charge in [-0.1, -0.05) is 29.8 Å². The Bertz CT molecular complexity index is 897. The highest BCUT2D eigenvalue weighted by Crippen LogP contribution is 2.25. The van der Waals surface area contributed by atoms with E-state index in [0.29, 0.717) is 27.6 Å². The fourth-order valence-corrected chi connectivity index (χ4v) is 2.30. The second-order valence-electron chi connectivity index (χ2n) is 4.94. The predicted molar refractivity (Wildman–Crippen MR) is 86.1 cm³/mol. The number of aromatic amines is 1. The van der Waals surface area contributed by atoms with E-state index < -0.39 is 11.7 Å². The number of rotatable bonds is 5. The number of H-pyrrole nitrogens is 1. The number of carbonyl (C=O) groups is 1. The first-order chi connectivity index (χ1) is 11.5. The number of primary amides is 1. The van der Waals surface area contributed by atoms with Crippen molar-refractivity contribution in [3.05, 3.63) is 64.6 Å². The number of hydrogen-bond acceptors (Lipinski definition) is 4. The summed E-state index contributed by atoms with van der Waals surface area (Å²) in [6.07, 6.45) is 0. The number of benzene rings is 2. The number of nitrogens with two attached hydrogens (primary N) is 1. The normalized spacial score (nSPS) is 10.6. The lowest BCUT2D eigenvalue weighted by Crippen LogP contribution is -2.12. The predicted octanol–water partition coefficient (Wildman–Crippen LogP) is 2.94. The molecule has 0 aliphatic rings. The maximum Gasteiger partial charge on any atom is 0.271 e. The van der Waals surface area contributed by atoms with Crippen LogP contribution in [0.1, 0.15) is 16.1 Å². The van der Waals surface area contributed by atoms with Crippen LogP contribution >= 0.6 is 11.6 Å². The van der Waals surface area contributed by atoms with Crippen LogP contribution in [0.15, 0.2) is 42.5 Å². The third-order valence-electron chi connectivity index (χ3n) is 3.30. The van der Waals surface area contributed by atoms with Crippen LogP contribution in [0, 0.1) is 5.82 Å². The summed E-state index contributed by atoms with van der Waals surface area (Å²) in [5.74, 6) is -0.639. The molecule has 8 heteroatoms. The minimum absolute atomic E-state index is 0.0357. The molecular weight excluding hydrogens is 335 g/mol. The number of nitrogens with zero attached hydrogens (tertiary/aromatic N) is 2. The number of ether oxygens (including phenoxy) is 1. The van der Waals surface area contributed by atoms with Crippen LogP contribution in [-0.4, -0.2) is 21.3 Å². The lowest BCUT2D eigenvalue weighted by molar-refractivity contribution is 0.0996. The Morgan fingerprint density at radius 2 is 2.08 bits per heavy atom. The van der Waals surface area contributed by atoms with Gasteiger partial charge in [0.05, 0.1) is 0 Å². The van der Waals surface area contributed by atoms with Crippen LogP contribution in [0.3, 0.4) is 0 Å². The van der Waals surface area contributed by atoms with Gasteiger partial charge in [0.25, 0.3) is 5.91 Å². The molecule has 3 N–H and O–H groups in total. The number of halogens is 2. The van der Waals surface area contributed by atoms with E-state index in [4.69, 9.17) is 22.1 Å². The zero-order chi connectivity index (χ0) is 17.1. The minimum Gasteiger partial charge on any atom is -0.489 e. The van der Waals surface area contributed by atoms with Gasteiger partial charge in [0, 0.05) is 16.1 Å². The van der Waals surface area contributed by atoms with E-state index in [1.807, 2.05) is 0 Å².